The second kappa shape index (κ2) is 3.82. The molecule has 1 fully saturated rings. The largest absolute Gasteiger partial charge is 0.381 e. The van der Waals surface area contributed by atoms with Crippen molar-refractivity contribution in [3.63, 3.8) is 0 Å². The molecule has 0 radical (unpaired) electrons. The van der Waals surface area contributed by atoms with Crippen LogP contribution in [0.4, 0.5) is 5.69 Å². The normalized spacial score (nSPS) is 17.9. The molecule has 76 valence electrons. The molecule has 0 aliphatic heterocycles. The lowest BCUT2D eigenvalue weighted by atomic mass is 10.2. The van der Waals surface area contributed by atoms with E-state index >= 15 is 0 Å². The van der Waals surface area contributed by atoms with Crippen molar-refractivity contribution in [3.8, 4) is 0 Å². The summed E-state index contributed by atoms with van der Waals surface area (Å²) in [4.78, 5) is 0. The zero-order chi connectivity index (χ0) is 10.1. The molecule has 0 aromatic heterocycles. The summed E-state index contributed by atoms with van der Waals surface area (Å²) in [5.41, 5.74) is 2.27. The van der Waals surface area contributed by atoms with Gasteiger partial charge in [0.25, 0.3) is 0 Å². The van der Waals surface area contributed by atoms with Crippen molar-refractivity contribution in [1.29, 1.82) is 0 Å². The van der Waals surface area contributed by atoms with Gasteiger partial charge in [0.1, 0.15) is 0 Å². The molecular formula is C12H16ClN. The Balaban J connectivity index is 2.07. The zero-order valence-corrected chi connectivity index (χ0v) is 9.43. The van der Waals surface area contributed by atoms with Crippen LogP contribution in [0.2, 0.25) is 5.02 Å². The van der Waals surface area contributed by atoms with Crippen LogP contribution >= 0.6 is 11.6 Å². The lowest BCUT2D eigenvalue weighted by molar-refractivity contribution is 0.694. The maximum absolute atomic E-state index is 6.14. The highest BCUT2D eigenvalue weighted by molar-refractivity contribution is 6.33. The number of nitrogens with one attached hydrogen (secondary N) is 1. The molecule has 1 aromatic carbocycles. The highest BCUT2D eigenvalue weighted by Crippen LogP contribution is 2.35. The molecule has 1 aromatic rings. The average Bonchev–Trinajstić information content (AvgIpc) is 2.92. The van der Waals surface area contributed by atoms with Gasteiger partial charge < -0.3 is 5.32 Å². The van der Waals surface area contributed by atoms with Gasteiger partial charge in [-0.05, 0) is 50.3 Å². The van der Waals surface area contributed by atoms with Crippen LogP contribution in [0.1, 0.15) is 25.3 Å². The van der Waals surface area contributed by atoms with Crippen LogP contribution in [0.15, 0.2) is 18.2 Å². The molecule has 0 amide bonds. The highest BCUT2D eigenvalue weighted by atomic mass is 35.5. The first kappa shape index (κ1) is 9.85. The number of hydrogen-bond donors (Lipinski definition) is 1. The molecule has 0 unspecified atom stereocenters. The van der Waals surface area contributed by atoms with Crippen molar-refractivity contribution in [2.75, 3.05) is 5.32 Å². The van der Waals surface area contributed by atoms with Gasteiger partial charge in [-0.25, -0.2) is 0 Å². The molecule has 1 aliphatic carbocycles. The summed E-state index contributed by atoms with van der Waals surface area (Å²) in [6.07, 6.45) is 2.72. The molecule has 0 heterocycles. The van der Waals surface area contributed by atoms with Crippen molar-refractivity contribution >= 4 is 17.3 Å². The van der Waals surface area contributed by atoms with Crippen LogP contribution < -0.4 is 5.32 Å². The van der Waals surface area contributed by atoms with Crippen molar-refractivity contribution in [3.05, 3.63) is 28.8 Å². The number of benzene rings is 1. The monoisotopic (exact) mass is 209 g/mol. The van der Waals surface area contributed by atoms with Gasteiger partial charge in [0.2, 0.25) is 0 Å². The minimum Gasteiger partial charge on any atom is -0.381 e. The van der Waals surface area contributed by atoms with Gasteiger partial charge in [-0.2, -0.15) is 0 Å². The first-order valence-corrected chi connectivity index (χ1v) is 5.57. The Labute approximate surface area is 90.5 Å². The van der Waals surface area contributed by atoms with E-state index in [-0.39, 0.29) is 0 Å². The summed E-state index contributed by atoms with van der Waals surface area (Å²) >= 11 is 6.14. The molecule has 2 rings (SSSR count). The van der Waals surface area contributed by atoms with E-state index in [0.29, 0.717) is 6.04 Å². The fraction of sp³-hybridized carbons (Fsp3) is 0.500. The van der Waals surface area contributed by atoms with Crippen molar-refractivity contribution in [1.82, 2.24) is 0 Å². The van der Waals surface area contributed by atoms with Crippen LogP contribution in [0.3, 0.4) is 0 Å². The highest BCUT2D eigenvalue weighted by Gasteiger charge is 2.27. The van der Waals surface area contributed by atoms with E-state index < -0.39 is 0 Å². The third-order valence-electron chi connectivity index (χ3n) is 2.84. The summed E-state index contributed by atoms with van der Waals surface area (Å²) in [5.74, 6) is 0.854. The van der Waals surface area contributed by atoms with E-state index in [9.17, 15) is 0 Å². The summed E-state index contributed by atoms with van der Waals surface area (Å²) in [7, 11) is 0. The van der Waals surface area contributed by atoms with Crippen LogP contribution in [0, 0.1) is 12.8 Å². The van der Waals surface area contributed by atoms with Crippen molar-refractivity contribution in [2.24, 2.45) is 5.92 Å². The van der Waals surface area contributed by atoms with Gasteiger partial charge in [0.05, 0.1) is 10.7 Å². The Morgan fingerprint density at radius 1 is 1.43 bits per heavy atom. The van der Waals surface area contributed by atoms with Gasteiger partial charge in [-0.15, -0.1) is 0 Å². The number of anilines is 1. The fourth-order valence-corrected chi connectivity index (χ4v) is 1.99. The third-order valence-corrected chi connectivity index (χ3v) is 3.15. The maximum atomic E-state index is 6.14. The molecule has 14 heavy (non-hydrogen) atoms. The molecular weight excluding hydrogens is 194 g/mol. The Morgan fingerprint density at radius 2 is 2.14 bits per heavy atom. The summed E-state index contributed by atoms with van der Waals surface area (Å²) < 4.78 is 0. The first-order valence-electron chi connectivity index (χ1n) is 5.19. The van der Waals surface area contributed by atoms with Gasteiger partial charge >= 0.3 is 0 Å². The topological polar surface area (TPSA) is 12.0 Å². The smallest absolute Gasteiger partial charge is 0.0640 e. The van der Waals surface area contributed by atoms with Crippen molar-refractivity contribution < 1.29 is 0 Å². The van der Waals surface area contributed by atoms with E-state index in [1.807, 2.05) is 6.07 Å². The lowest BCUT2D eigenvalue weighted by Gasteiger charge is -2.15. The third kappa shape index (κ3) is 2.21. The van der Waals surface area contributed by atoms with E-state index in [1.54, 1.807) is 0 Å². The molecule has 1 N–H and O–H groups in total. The van der Waals surface area contributed by atoms with Gasteiger partial charge in [-0.1, -0.05) is 17.7 Å². The van der Waals surface area contributed by atoms with Crippen LogP contribution in [0.25, 0.3) is 0 Å². The SMILES string of the molecule is Cc1ccc(N[C@@H](C)C2CC2)c(Cl)c1. The van der Waals surface area contributed by atoms with E-state index in [2.05, 4.69) is 31.3 Å². The molecule has 1 nitrogen and oxygen atoms in total. The summed E-state index contributed by atoms with van der Waals surface area (Å²) in [6.45, 7) is 4.29. The van der Waals surface area contributed by atoms with Gasteiger partial charge in [0, 0.05) is 6.04 Å². The Bertz CT molecular complexity index is 331. The van der Waals surface area contributed by atoms with Crippen LogP contribution in [0.5, 0.6) is 0 Å². The minimum atomic E-state index is 0.551. The number of rotatable bonds is 3. The molecule has 0 bridgehead atoms. The minimum absolute atomic E-state index is 0.551. The first-order chi connectivity index (χ1) is 6.66. The zero-order valence-electron chi connectivity index (χ0n) is 8.68. The quantitative estimate of drug-likeness (QED) is 0.797. The number of hydrogen-bond acceptors (Lipinski definition) is 1. The number of aryl methyl sites for hydroxylation is 1. The summed E-state index contributed by atoms with van der Waals surface area (Å²) in [6, 6.07) is 6.71. The molecule has 1 aliphatic rings. The van der Waals surface area contributed by atoms with E-state index in [4.69, 9.17) is 11.6 Å². The van der Waals surface area contributed by atoms with E-state index in [0.717, 1.165) is 16.6 Å². The lowest BCUT2D eigenvalue weighted by Crippen LogP contribution is -2.17. The average molecular weight is 210 g/mol. The Morgan fingerprint density at radius 3 is 2.71 bits per heavy atom. The molecule has 1 atom stereocenters. The predicted molar refractivity (Wildman–Crippen MR) is 62.0 cm³/mol. The van der Waals surface area contributed by atoms with Gasteiger partial charge in [0.15, 0.2) is 0 Å². The van der Waals surface area contributed by atoms with E-state index in [1.165, 1.54) is 18.4 Å². The van der Waals surface area contributed by atoms with Crippen LogP contribution in [-0.4, -0.2) is 6.04 Å². The predicted octanol–water partition coefficient (Wildman–Crippen LogP) is 3.86. The Hall–Kier alpha value is -0.690. The molecule has 2 heteroatoms. The number of halogens is 1. The molecule has 0 saturated heterocycles. The molecule has 0 spiro atoms. The fourth-order valence-electron chi connectivity index (χ4n) is 1.70. The molecule has 1 saturated carbocycles. The standard InChI is InChI=1S/C12H16ClN/c1-8-3-6-12(11(13)7-8)14-9(2)10-4-5-10/h3,6-7,9-10,14H,4-5H2,1-2H3/t9-/m0/s1. The summed E-state index contributed by atoms with van der Waals surface area (Å²) in [5, 5.41) is 4.30. The maximum Gasteiger partial charge on any atom is 0.0640 e. The van der Waals surface area contributed by atoms with Gasteiger partial charge in [-0.3, -0.25) is 0 Å². The second-order valence-electron chi connectivity index (χ2n) is 4.25. The van der Waals surface area contributed by atoms with Crippen molar-refractivity contribution in [2.45, 2.75) is 32.7 Å². The van der Waals surface area contributed by atoms with Crippen LogP contribution in [-0.2, 0) is 0 Å². The Kier molecular flexibility index (Phi) is 2.69. The second-order valence-corrected chi connectivity index (χ2v) is 4.66.